The average Bonchev–Trinajstić information content (AvgIpc) is 3.34. The van der Waals surface area contributed by atoms with Crippen molar-refractivity contribution < 1.29 is 4.79 Å². The zero-order valence-electron chi connectivity index (χ0n) is 20.3. The summed E-state index contributed by atoms with van der Waals surface area (Å²) in [5.41, 5.74) is 4.71. The van der Waals surface area contributed by atoms with E-state index in [0.29, 0.717) is 39.1 Å². The molecule has 2 heterocycles. The first-order valence-corrected chi connectivity index (χ1v) is 13.2. The van der Waals surface area contributed by atoms with Gasteiger partial charge < -0.3 is 20.9 Å². The molecule has 36 heavy (non-hydrogen) atoms. The highest BCUT2D eigenvalue weighted by Gasteiger charge is 2.24. The van der Waals surface area contributed by atoms with Gasteiger partial charge in [0, 0.05) is 23.8 Å². The number of carbonyl (C=O) groups excluding carboxylic acids is 1. The van der Waals surface area contributed by atoms with E-state index >= 15 is 0 Å². The van der Waals surface area contributed by atoms with E-state index in [9.17, 15) is 4.79 Å². The number of nitrogens with one attached hydrogen (secondary N) is 3. The van der Waals surface area contributed by atoms with Crippen molar-refractivity contribution in [1.82, 2.24) is 20.2 Å². The van der Waals surface area contributed by atoms with Crippen molar-refractivity contribution in [2.45, 2.75) is 44.6 Å². The van der Waals surface area contributed by atoms with Gasteiger partial charge in [-0.2, -0.15) is 4.98 Å². The second-order valence-corrected chi connectivity index (χ2v) is 10.2. The standard InChI is InChI=1S/C27H30Cl2N6O/c1-30-26(36)22-15-19(28)7-11-24(22)33-25-23(29)16-31-27(34-25)32-20-8-4-17-5-9-21(10-6-18(17)14-20)35-12-2-3-13-35/h4,7-8,11,14-16,21H,2-3,5-6,9-10,12-13H2,1H3,(H,30,36)(H2,31,32,33,34)/t21-/m0/s1. The Kier molecular flexibility index (Phi) is 7.60. The van der Waals surface area contributed by atoms with Gasteiger partial charge in [-0.3, -0.25) is 4.79 Å². The lowest BCUT2D eigenvalue weighted by Gasteiger charge is -2.25. The number of hydrogen-bond acceptors (Lipinski definition) is 6. The number of aryl methyl sites for hydroxylation is 2. The fourth-order valence-electron chi connectivity index (χ4n) is 5.16. The molecule has 1 aliphatic heterocycles. The Hall–Kier alpha value is -2.87. The highest BCUT2D eigenvalue weighted by atomic mass is 35.5. The number of nitrogens with zero attached hydrogens (tertiary/aromatic N) is 3. The van der Waals surface area contributed by atoms with Gasteiger partial charge in [0.15, 0.2) is 5.82 Å². The van der Waals surface area contributed by atoms with Gasteiger partial charge in [0.05, 0.1) is 17.4 Å². The topological polar surface area (TPSA) is 82.2 Å². The van der Waals surface area contributed by atoms with Crippen molar-refractivity contribution in [2.24, 2.45) is 0 Å². The number of fused-ring (bicyclic) bond motifs is 1. The van der Waals surface area contributed by atoms with Gasteiger partial charge in [-0.05, 0) is 93.1 Å². The van der Waals surface area contributed by atoms with Gasteiger partial charge in [0.2, 0.25) is 5.95 Å². The minimum atomic E-state index is -0.263. The van der Waals surface area contributed by atoms with Crippen molar-refractivity contribution in [3.05, 3.63) is 69.3 Å². The molecule has 1 saturated heterocycles. The molecule has 188 valence electrons. The summed E-state index contributed by atoms with van der Waals surface area (Å²) in [6.45, 7) is 2.50. The molecule has 0 spiro atoms. The van der Waals surface area contributed by atoms with Crippen LogP contribution in [0.25, 0.3) is 0 Å². The zero-order valence-corrected chi connectivity index (χ0v) is 21.8. The molecule has 2 aromatic carbocycles. The number of amides is 1. The van der Waals surface area contributed by atoms with E-state index in [0.717, 1.165) is 18.5 Å². The van der Waals surface area contributed by atoms with Crippen molar-refractivity contribution in [1.29, 1.82) is 0 Å². The third-order valence-electron chi connectivity index (χ3n) is 7.06. The lowest BCUT2D eigenvalue weighted by atomic mass is 10.0. The predicted molar refractivity (Wildman–Crippen MR) is 146 cm³/mol. The average molecular weight is 525 g/mol. The third kappa shape index (κ3) is 5.59. The molecule has 1 atom stereocenters. The Bertz CT molecular complexity index is 1260. The summed E-state index contributed by atoms with van der Waals surface area (Å²) in [5.74, 6) is 0.547. The monoisotopic (exact) mass is 524 g/mol. The fraction of sp³-hybridized carbons (Fsp3) is 0.370. The number of carbonyl (C=O) groups is 1. The fourth-order valence-corrected chi connectivity index (χ4v) is 5.47. The zero-order chi connectivity index (χ0) is 25.1. The summed E-state index contributed by atoms with van der Waals surface area (Å²) in [6.07, 6.45) is 8.85. The molecule has 1 fully saturated rings. The van der Waals surface area contributed by atoms with Gasteiger partial charge in [-0.25, -0.2) is 4.98 Å². The lowest BCUT2D eigenvalue weighted by molar-refractivity contribution is 0.0964. The second-order valence-electron chi connectivity index (χ2n) is 9.37. The van der Waals surface area contributed by atoms with Crippen molar-refractivity contribution in [3.63, 3.8) is 0 Å². The maximum Gasteiger partial charge on any atom is 0.253 e. The molecule has 0 radical (unpaired) electrons. The molecule has 0 bridgehead atoms. The third-order valence-corrected chi connectivity index (χ3v) is 7.58. The van der Waals surface area contributed by atoms with Crippen LogP contribution >= 0.6 is 23.2 Å². The lowest BCUT2D eigenvalue weighted by Crippen LogP contribution is -2.32. The van der Waals surface area contributed by atoms with Crippen molar-refractivity contribution >= 4 is 52.3 Å². The van der Waals surface area contributed by atoms with Crippen LogP contribution in [0.5, 0.6) is 0 Å². The molecule has 3 N–H and O–H groups in total. The normalized spacial score (nSPS) is 17.8. The van der Waals surface area contributed by atoms with Gasteiger partial charge in [0.25, 0.3) is 5.91 Å². The molecule has 9 heteroatoms. The number of hydrogen-bond donors (Lipinski definition) is 3. The molecule has 1 aromatic heterocycles. The SMILES string of the molecule is CNC(=O)c1cc(Cl)ccc1Nc1nc(Nc2ccc3c(c2)CC[C@@H](N2CCCC2)CC3)ncc1Cl. The largest absolute Gasteiger partial charge is 0.355 e. The Balaban J connectivity index is 1.32. The van der Waals surface area contributed by atoms with Crippen LogP contribution in [0, 0.1) is 0 Å². The van der Waals surface area contributed by atoms with E-state index in [-0.39, 0.29) is 5.91 Å². The van der Waals surface area contributed by atoms with Crippen LogP contribution in [-0.4, -0.2) is 47.0 Å². The van der Waals surface area contributed by atoms with Gasteiger partial charge in [-0.15, -0.1) is 0 Å². The molecule has 1 aliphatic carbocycles. The first kappa shape index (κ1) is 24.8. The summed E-state index contributed by atoms with van der Waals surface area (Å²) in [4.78, 5) is 23.9. The number of likely N-dealkylation sites (tertiary alicyclic amines) is 1. The van der Waals surface area contributed by atoms with E-state index in [4.69, 9.17) is 23.2 Å². The minimum absolute atomic E-state index is 0.263. The Labute approximate surface area is 221 Å². The summed E-state index contributed by atoms with van der Waals surface area (Å²) in [5, 5.41) is 9.90. The highest BCUT2D eigenvalue weighted by molar-refractivity contribution is 6.33. The van der Waals surface area contributed by atoms with E-state index in [1.54, 1.807) is 31.4 Å². The summed E-state index contributed by atoms with van der Waals surface area (Å²) < 4.78 is 0. The molecular formula is C27H30Cl2N6O. The van der Waals surface area contributed by atoms with Crippen molar-refractivity contribution in [2.75, 3.05) is 30.8 Å². The predicted octanol–water partition coefficient (Wildman–Crippen LogP) is 5.97. The second kappa shape index (κ2) is 11.0. The van der Waals surface area contributed by atoms with Crippen molar-refractivity contribution in [3.8, 4) is 0 Å². The smallest absolute Gasteiger partial charge is 0.253 e. The molecular weight excluding hydrogens is 495 g/mol. The highest BCUT2D eigenvalue weighted by Crippen LogP contribution is 2.31. The Morgan fingerprint density at radius 1 is 1.00 bits per heavy atom. The molecule has 7 nitrogen and oxygen atoms in total. The molecule has 0 unspecified atom stereocenters. The number of halogens is 2. The van der Waals surface area contributed by atoms with Crippen LogP contribution in [-0.2, 0) is 12.8 Å². The van der Waals surface area contributed by atoms with Gasteiger partial charge in [-0.1, -0.05) is 29.3 Å². The van der Waals surface area contributed by atoms with Crippen LogP contribution in [0.4, 0.5) is 23.1 Å². The van der Waals surface area contributed by atoms with Crippen LogP contribution < -0.4 is 16.0 Å². The molecule has 2 aliphatic rings. The molecule has 0 saturated carbocycles. The number of aromatic nitrogens is 2. The van der Waals surface area contributed by atoms with Crippen LogP contribution in [0.1, 0.15) is 47.2 Å². The van der Waals surface area contributed by atoms with E-state index in [1.807, 2.05) is 0 Å². The Morgan fingerprint density at radius 3 is 2.56 bits per heavy atom. The Morgan fingerprint density at radius 2 is 1.78 bits per heavy atom. The van der Waals surface area contributed by atoms with E-state index < -0.39 is 0 Å². The minimum Gasteiger partial charge on any atom is -0.355 e. The summed E-state index contributed by atoms with van der Waals surface area (Å²) in [6, 6.07) is 12.2. The molecule has 5 rings (SSSR count). The number of rotatable bonds is 6. The van der Waals surface area contributed by atoms with Crippen LogP contribution in [0.3, 0.4) is 0 Å². The van der Waals surface area contributed by atoms with Crippen LogP contribution in [0.2, 0.25) is 10.0 Å². The van der Waals surface area contributed by atoms with E-state index in [2.05, 4.69) is 49.0 Å². The first-order valence-electron chi connectivity index (χ1n) is 12.4. The quantitative estimate of drug-likeness (QED) is 0.344. The first-order chi connectivity index (χ1) is 17.5. The molecule has 3 aromatic rings. The van der Waals surface area contributed by atoms with Crippen LogP contribution in [0.15, 0.2) is 42.6 Å². The maximum atomic E-state index is 12.3. The van der Waals surface area contributed by atoms with Gasteiger partial charge in [0.1, 0.15) is 5.02 Å². The maximum absolute atomic E-state index is 12.3. The number of anilines is 4. The van der Waals surface area contributed by atoms with Gasteiger partial charge >= 0.3 is 0 Å². The molecule has 1 amide bonds. The number of benzene rings is 2. The summed E-state index contributed by atoms with van der Waals surface area (Å²) >= 11 is 12.5. The summed E-state index contributed by atoms with van der Waals surface area (Å²) in [7, 11) is 1.57. The van der Waals surface area contributed by atoms with E-state index in [1.165, 1.54) is 49.9 Å².